The van der Waals surface area contributed by atoms with Gasteiger partial charge in [-0.1, -0.05) is 0 Å². The molecule has 1 aromatic rings. The van der Waals surface area contributed by atoms with Crippen LogP contribution in [0.2, 0.25) is 0 Å². The fourth-order valence-electron chi connectivity index (χ4n) is 2.40. The molecule has 1 fully saturated rings. The molecule has 0 bridgehead atoms. The number of rotatable bonds is 2. The van der Waals surface area contributed by atoms with Crippen LogP contribution in [-0.2, 0) is 9.53 Å². The van der Waals surface area contributed by atoms with Crippen molar-refractivity contribution in [1.29, 1.82) is 5.26 Å². The molecule has 1 atom stereocenters. The van der Waals surface area contributed by atoms with Crippen molar-refractivity contribution in [3.63, 3.8) is 0 Å². The highest BCUT2D eigenvalue weighted by Crippen LogP contribution is 2.22. The lowest BCUT2D eigenvalue weighted by atomic mass is 10.1. The van der Waals surface area contributed by atoms with E-state index in [0.29, 0.717) is 18.7 Å². The zero-order valence-corrected chi connectivity index (χ0v) is 13.9. The number of nitriles is 1. The number of carbonyl (C=O) groups is 2. The summed E-state index contributed by atoms with van der Waals surface area (Å²) in [6.07, 6.45) is 0.0866. The van der Waals surface area contributed by atoms with Crippen molar-refractivity contribution >= 4 is 17.7 Å². The van der Waals surface area contributed by atoms with Gasteiger partial charge in [0.2, 0.25) is 5.91 Å². The van der Waals surface area contributed by atoms with E-state index in [0.717, 1.165) is 6.07 Å². The number of carbonyl (C=O) groups excluding carboxylic acids is 2. The molecule has 1 aromatic carbocycles. The van der Waals surface area contributed by atoms with Gasteiger partial charge in [-0.3, -0.25) is 4.79 Å². The van der Waals surface area contributed by atoms with Crippen molar-refractivity contribution in [2.24, 2.45) is 5.92 Å². The minimum absolute atomic E-state index is 0.130. The maximum absolute atomic E-state index is 13.3. The fourth-order valence-corrected chi connectivity index (χ4v) is 2.40. The van der Waals surface area contributed by atoms with Crippen molar-refractivity contribution in [3.8, 4) is 6.07 Å². The van der Waals surface area contributed by atoms with Gasteiger partial charge in [0, 0.05) is 18.8 Å². The molecule has 0 saturated carbocycles. The van der Waals surface area contributed by atoms with E-state index in [-0.39, 0.29) is 23.9 Å². The smallest absolute Gasteiger partial charge is 0.410 e. The quantitative estimate of drug-likeness (QED) is 0.902. The second kappa shape index (κ2) is 6.87. The summed E-state index contributed by atoms with van der Waals surface area (Å²) in [7, 11) is 0. The van der Waals surface area contributed by atoms with Gasteiger partial charge < -0.3 is 15.0 Å². The summed E-state index contributed by atoms with van der Waals surface area (Å²) in [4.78, 5) is 25.8. The summed E-state index contributed by atoms with van der Waals surface area (Å²) in [5, 5.41) is 11.5. The number of hydrogen-bond acceptors (Lipinski definition) is 4. The SMILES string of the molecule is CC(C)(C)OC(=O)N1CCC(C(=O)Nc2ccc(F)c(C#N)c2)C1. The standard InChI is InChI=1S/C17H20FN3O3/c1-17(2,3)24-16(23)21-7-6-11(10-21)15(22)20-13-4-5-14(18)12(8-13)9-19/h4-5,8,11H,6-7,10H2,1-3H3,(H,20,22). The summed E-state index contributed by atoms with van der Waals surface area (Å²) in [6.45, 7) is 6.07. The highest BCUT2D eigenvalue weighted by Gasteiger charge is 2.33. The Morgan fingerprint density at radius 1 is 1.42 bits per heavy atom. The van der Waals surface area contributed by atoms with Gasteiger partial charge in [0.05, 0.1) is 11.5 Å². The van der Waals surface area contributed by atoms with Gasteiger partial charge >= 0.3 is 6.09 Å². The van der Waals surface area contributed by atoms with Crippen molar-refractivity contribution < 1.29 is 18.7 Å². The van der Waals surface area contributed by atoms with Crippen molar-refractivity contribution in [2.45, 2.75) is 32.8 Å². The molecule has 0 radical (unpaired) electrons. The predicted molar refractivity (Wildman–Crippen MR) is 85.7 cm³/mol. The molecule has 128 valence electrons. The normalized spacial score (nSPS) is 17.3. The monoisotopic (exact) mass is 333 g/mol. The molecule has 7 heteroatoms. The topological polar surface area (TPSA) is 82.4 Å². The van der Waals surface area contributed by atoms with Crippen LogP contribution in [0.25, 0.3) is 0 Å². The van der Waals surface area contributed by atoms with Gasteiger partial charge in [0.1, 0.15) is 17.5 Å². The summed E-state index contributed by atoms with van der Waals surface area (Å²) in [6, 6.07) is 5.54. The molecule has 1 heterocycles. The van der Waals surface area contributed by atoms with Gasteiger partial charge in [-0.2, -0.15) is 5.26 Å². The van der Waals surface area contributed by atoms with Crippen LogP contribution in [-0.4, -0.2) is 35.6 Å². The molecule has 2 rings (SSSR count). The number of anilines is 1. The molecule has 2 amide bonds. The van der Waals surface area contributed by atoms with E-state index in [1.165, 1.54) is 17.0 Å². The van der Waals surface area contributed by atoms with E-state index >= 15 is 0 Å². The van der Waals surface area contributed by atoms with E-state index in [4.69, 9.17) is 10.00 Å². The number of nitrogens with zero attached hydrogens (tertiary/aromatic N) is 2. The Balaban J connectivity index is 1.95. The Morgan fingerprint density at radius 2 is 2.12 bits per heavy atom. The molecule has 1 N–H and O–H groups in total. The third-order valence-electron chi connectivity index (χ3n) is 3.57. The molecule has 24 heavy (non-hydrogen) atoms. The first-order chi connectivity index (χ1) is 11.2. The van der Waals surface area contributed by atoms with Crippen LogP contribution >= 0.6 is 0 Å². The molecular weight excluding hydrogens is 313 g/mol. The van der Waals surface area contributed by atoms with Gasteiger partial charge in [-0.25, -0.2) is 9.18 Å². The maximum Gasteiger partial charge on any atom is 0.410 e. The largest absolute Gasteiger partial charge is 0.444 e. The van der Waals surface area contributed by atoms with Crippen molar-refractivity contribution in [2.75, 3.05) is 18.4 Å². The van der Waals surface area contributed by atoms with E-state index in [1.54, 1.807) is 26.8 Å². The maximum atomic E-state index is 13.3. The van der Waals surface area contributed by atoms with Crippen LogP contribution in [0.1, 0.15) is 32.8 Å². The number of amides is 2. The molecule has 0 aromatic heterocycles. The second-order valence-electron chi connectivity index (χ2n) is 6.71. The predicted octanol–water partition coefficient (Wildman–Crippen LogP) is 2.89. The van der Waals surface area contributed by atoms with Crippen LogP contribution in [0.3, 0.4) is 0 Å². The van der Waals surface area contributed by atoms with Crippen LogP contribution in [0, 0.1) is 23.1 Å². The summed E-state index contributed by atoms with van der Waals surface area (Å²) < 4.78 is 18.6. The van der Waals surface area contributed by atoms with Gasteiger partial charge in [0.15, 0.2) is 0 Å². The first-order valence-corrected chi connectivity index (χ1v) is 7.68. The lowest BCUT2D eigenvalue weighted by Crippen LogP contribution is -2.36. The van der Waals surface area contributed by atoms with Crippen LogP contribution in [0.15, 0.2) is 18.2 Å². The average molecular weight is 333 g/mol. The molecule has 1 saturated heterocycles. The van der Waals surface area contributed by atoms with E-state index < -0.39 is 17.5 Å². The summed E-state index contributed by atoms with van der Waals surface area (Å²) in [5.41, 5.74) is -0.359. The number of ether oxygens (including phenoxy) is 1. The number of likely N-dealkylation sites (tertiary alicyclic amines) is 1. The summed E-state index contributed by atoms with van der Waals surface area (Å²) >= 11 is 0. The minimum atomic E-state index is -0.632. The summed E-state index contributed by atoms with van der Waals surface area (Å²) in [5.74, 6) is -1.27. The molecule has 1 aliphatic rings. The van der Waals surface area contributed by atoms with E-state index in [1.807, 2.05) is 0 Å². The van der Waals surface area contributed by atoms with E-state index in [2.05, 4.69) is 5.32 Å². The Labute approximate surface area is 140 Å². The van der Waals surface area contributed by atoms with Crippen LogP contribution in [0.4, 0.5) is 14.9 Å². The van der Waals surface area contributed by atoms with E-state index in [9.17, 15) is 14.0 Å². The first-order valence-electron chi connectivity index (χ1n) is 7.68. The van der Waals surface area contributed by atoms with Gasteiger partial charge in [-0.15, -0.1) is 0 Å². The van der Waals surface area contributed by atoms with Gasteiger partial charge in [-0.05, 0) is 45.4 Å². The number of hydrogen-bond donors (Lipinski definition) is 1. The number of halogens is 1. The Bertz CT molecular complexity index is 691. The molecule has 0 spiro atoms. The fraction of sp³-hybridized carbons (Fsp3) is 0.471. The van der Waals surface area contributed by atoms with Crippen molar-refractivity contribution in [1.82, 2.24) is 4.90 Å². The highest BCUT2D eigenvalue weighted by molar-refractivity contribution is 5.93. The zero-order chi connectivity index (χ0) is 17.9. The van der Waals surface area contributed by atoms with Crippen molar-refractivity contribution in [3.05, 3.63) is 29.6 Å². The number of nitrogens with one attached hydrogen (secondary N) is 1. The third-order valence-corrected chi connectivity index (χ3v) is 3.57. The molecular formula is C17H20FN3O3. The average Bonchev–Trinajstić information content (AvgIpc) is 2.97. The Kier molecular flexibility index (Phi) is 5.07. The zero-order valence-electron chi connectivity index (χ0n) is 13.9. The van der Waals surface area contributed by atoms with Crippen LogP contribution in [0.5, 0.6) is 0 Å². The Morgan fingerprint density at radius 3 is 2.75 bits per heavy atom. The third kappa shape index (κ3) is 4.44. The van der Waals surface area contributed by atoms with Crippen LogP contribution < -0.4 is 5.32 Å². The molecule has 6 nitrogen and oxygen atoms in total. The number of benzene rings is 1. The first kappa shape index (κ1) is 17.7. The second-order valence-corrected chi connectivity index (χ2v) is 6.71. The molecule has 1 aliphatic heterocycles. The molecule has 1 unspecified atom stereocenters. The lowest BCUT2D eigenvalue weighted by Gasteiger charge is -2.24. The minimum Gasteiger partial charge on any atom is -0.444 e. The van der Waals surface area contributed by atoms with Gasteiger partial charge in [0.25, 0.3) is 0 Å². The lowest BCUT2D eigenvalue weighted by molar-refractivity contribution is -0.119. The Hall–Kier alpha value is -2.62. The highest BCUT2D eigenvalue weighted by atomic mass is 19.1. The molecule has 0 aliphatic carbocycles.